The summed E-state index contributed by atoms with van der Waals surface area (Å²) < 4.78 is 0. The smallest absolute Gasteiger partial charge is 0.0222 e. The normalized spacial score (nSPS) is 19.1. The van der Waals surface area contributed by atoms with E-state index in [4.69, 9.17) is 0 Å². The van der Waals surface area contributed by atoms with Gasteiger partial charge in [-0.1, -0.05) is 69.4 Å². The van der Waals surface area contributed by atoms with Crippen LogP contribution in [-0.4, -0.2) is 0 Å². The predicted octanol–water partition coefficient (Wildman–Crippen LogP) is 5.37. The first-order chi connectivity index (χ1) is 8.35. The second-order valence-corrected chi connectivity index (χ2v) is 5.83. The Morgan fingerprint density at radius 1 is 1.00 bits per heavy atom. The van der Waals surface area contributed by atoms with Crippen LogP contribution in [0.2, 0.25) is 0 Å². The van der Waals surface area contributed by atoms with Gasteiger partial charge in [-0.05, 0) is 36.7 Å². The van der Waals surface area contributed by atoms with Gasteiger partial charge in [0.2, 0.25) is 0 Å². The van der Waals surface area contributed by atoms with Gasteiger partial charge in [-0.15, -0.1) is 0 Å². The van der Waals surface area contributed by atoms with Crippen LogP contribution >= 0.6 is 0 Å². The van der Waals surface area contributed by atoms with E-state index in [0.717, 1.165) is 0 Å². The molecule has 0 nitrogen and oxygen atoms in total. The first kappa shape index (κ1) is 12.7. The molecule has 1 aromatic rings. The van der Waals surface area contributed by atoms with Crippen LogP contribution in [0.4, 0.5) is 0 Å². The number of unbranched alkanes of at least 4 members (excludes halogenated alkanes) is 1. The van der Waals surface area contributed by atoms with Crippen molar-refractivity contribution in [3.05, 3.63) is 35.9 Å². The first-order valence-electron chi connectivity index (χ1n) is 7.39. The second kappa shape index (κ2) is 6.23. The van der Waals surface area contributed by atoms with Crippen LogP contribution in [0.15, 0.2) is 30.3 Å². The van der Waals surface area contributed by atoms with Crippen LogP contribution in [0, 0.1) is 5.41 Å². The van der Waals surface area contributed by atoms with Crippen molar-refractivity contribution in [1.82, 2.24) is 0 Å². The monoisotopic (exact) mass is 230 g/mol. The Bertz CT molecular complexity index is 306. The summed E-state index contributed by atoms with van der Waals surface area (Å²) in [6.07, 6.45) is 12.8. The number of rotatable bonds is 5. The summed E-state index contributed by atoms with van der Waals surface area (Å²) in [6.45, 7) is 2.32. The second-order valence-electron chi connectivity index (χ2n) is 5.83. The van der Waals surface area contributed by atoms with Crippen molar-refractivity contribution < 1.29 is 0 Å². The quantitative estimate of drug-likeness (QED) is 0.638. The molecule has 0 heteroatoms. The van der Waals surface area contributed by atoms with E-state index >= 15 is 0 Å². The van der Waals surface area contributed by atoms with Crippen LogP contribution in [0.25, 0.3) is 0 Å². The van der Waals surface area contributed by atoms with Gasteiger partial charge < -0.3 is 0 Å². The summed E-state index contributed by atoms with van der Waals surface area (Å²) in [7, 11) is 0. The van der Waals surface area contributed by atoms with E-state index in [1.54, 1.807) is 5.56 Å². The summed E-state index contributed by atoms with van der Waals surface area (Å²) in [6, 6.07) is 11.1. The summed E-state index contributed by atoms with van der Waals surface area (Å²) in [5.74, 6) is 0. The molecule has 1 aliphatic carbocycles. The minimum absolute atomic E-state index is 0.635. The largest absolute Gasteiger partial charge is 0.0654 e. The molecule has 1 saturated carbocycles. The summed E-state index contributed by atoms with van der Waals surface area (Å²) in [5.41, 5.74) is 2.18. The average Bonchev–Trinajstić information content (AvgIpc) is 2.39. The van der Waals surface area contributed by atoms with Gasteiger partial charge in [0.1, 0.15) is 0 Å². The van der Waals surface area contributed by atoms with Gasteiger partial charge in [0.15, 0.2) is 0 Å². The van der Waals surface area contributed by atoms with E-state index in [1.807, 2.05) is 0 Å². The van der Waals surface area contributed by atoms with Crippen molar-refractivity contribution in [2.45, 2.75) is 64.7 Å². The molecule has 0 heterocycles. The molecule has 0 atom stereocenters. The highest BCUT2D eigenvalue weighted by molar-refractivity contribution is 5.16. The lowest BCUT2D eigenvalue weighted by molar-refractivity contribution is 0.167. The third kappa shape index (κ3) is 3.59. The molecular formula is C17H26. The number of hydrogen-bond donors (Lipinski definition) is 0. The zero-order chi connectivity index (χ0) is 12.0. The molecule has 1 fully saturated rings. The summed E-state index contributed by atoms with van der Waals surface area (Å²) >= 11 is 0. The zero-order valence-electron chi connectivity index (χ0n) is 11.3. The topological polar surface area (TPSA) is 0 Å². The molecule has 1 aliphatic rings. The third-order valence-electron chi connectivity index (χ3n) is 4.40. The fourth-order valence-electron chi connectivity index (χ4n) is 3.40. The molecule has 0 aliphatic heterocycles. The molecule has 17 heavy (non-hydrogen) atoms. The molecule has 0 amide bonds. The Morgan fingerprint density at radius 3 is 2.35 bits per heavy atom. The van der Waals surface area contributed by atoms with E-state index in [-0.39, 0.29) is 0 Å². The molecule has 0 spiro atoms. The zero-order valence-corrected chi connectivity index (χ0v) is 11.3. The Hall–Kier alpha value is -0.780. The molecule has 94 valence electrons. The summed E-state index contributed by atoms with van der Waals surface area (Å²) in [5, 5.41) is 0. The number of benzene rings is 1. The lowest BCUT2D eigenvalue weighted by atomic mass is 9.67. The van der Waals surface area contributed by atoms with E-state index in [0.29, 0.717) is 5.41 Å². The SMILES string of the molecule is CCCCC1(Cc2ccccc2)CCCCC1. The Morgan fingerprint density at radius 2 is 1.71 bits per heavy atom. The van der Waals surface area contributed by atoms with Crippen LogP contribution in [-0.2, 0) is 6.42 Å². The molecule has 0 bridgehead atoms. The molecule has 1 aromatic carbocycles. The minimum atomic E-state index is 0.635. The first-order valence-corrected chi connectivity index (χ1v) is 7.39. The molecule has 0 aromatic heterocycles. The predicted molar refractivity (Wildman–Crippen MR) is 75.2 cm³/mol. The van der Waals surface area contributed by atoms with Gasteiger partial charge in [-0.2, -0.15) is 0 Å². The fourth-order valence-corrected chi connectivity index (χ4v) is 3.40. The maximum atomic E-state index is 2.32. The van der Waals surface area contributed by atoms with Crippen LogP contribution in [0.3, 0.4) is 0 Å². The lowest BCUT2D eigenvalue weighted by Gasteiger charge is -2.38. The van der Waals surface area contributed by atoms with Gasteiger partial charge in [0.25, 0.3) is 0 Å². The fraction of sp³-hybridized carbons (Fsp3) is 0.647. The van der Waals surface area contributed by atoms with E-state index in [9.17, 15) is 0 Å². The van der Waals surface area contributed by atoms with Crippen molar-refractivity contribution in [2.24, 2.45) is 5.41 Å². The van der Waals surface area contributed by atoms with Crippen molar-refractivity contribution >= 4 is 0 Å². The molecule has 0 N–H and O–H groups in total. The Balaban J connectivity index is 2.04. The minimum Gasteiger partial charge on any atom is -0.0654 e. The molecule has 0 unspecified atom stereocenters. The van der Waals surface area contributed by atoms with Crippen molar-refractivity contribution in [1.29, 1.82) is 0 Å². The van der Waals surface area contributed by atoms with E-state index < -0.39 is 0 Å². The Kier molecular flexibility index (Phi) is 4.65. The van der Waals surface area contributed by atoms with Crippen LogP contribution < -0.4 is 0 Å². The lowest BCUT2D eigenvalue weighted by Crippen LogP contribution is -2.26. The Labute approximate surface area is 106 Å². The van der Waals surface area contributed by atoms with Gasteiger partial charge >= 0.3 is 0 Å². The molecule has 2 rings (SSSR count). The maximum absolute atomic E-state index is 2.32. The van der Waals surface area contributed by atoms with Crippen LogP contribution in [0.5, 0.6) is 0 Å². The average molecular weight is 230 g/mol. The van der Waals surface area contributed by atoms with Crippen LogP contribution in [0.1, 0.15) is 63.9 Å². The third-order valence-corrected chi connectivity index (χ3v) is 4.40. The van der Waals surface area contributed by atoms with Gasteiger partial charge in [0.05, 0.1) is 0 Å². The molecular weight excluding hydrogens is 204 g/mol. The molecule has 0 saturated heterocycles. The number of hydrogen-bond acceptors (Lipinski definition) is 0. The van der Waals surface area contributed by atoms with Gasteiger partial charge in [-0.3, -0.25) is 0 Å². The van der Waals surface area contributed by atoms with Crippen molar-refractivity contribution in [3.63, 3.8) is 0 Å². The van der Waals surface area contributed by atoms with E-state index in [2.05, 4.69) is 37.3 Å². The van der Waals surface area contributed by atoms with Crippen molar-refractivity contribution in [3.8, 4) is 0 Å². The van der Waals surface area contributed by atoms with Gasteiger partial charge in [-0.25, -0.2) is 0 Å². The standard InChI is InChI=1S/C17H26/c1-2-3-12-17(13-8-5-9-14-17)15-16-10-6-4-7-11-16/h4,6-7,10-11H,2-3,5,8-9,12-15H2,1H3. The highest BCUT2D eigenvalue weighted by Gasteiger charge is 2.31. The van der Waals surface area contributed by atoms with Gasteiger partial charge in [0, 0.05) is 0 Å². The summed E-state index contributed by atoms with van der Waals surface area (Å²) in [4.78, 5) is 0. The van der Waals surface area contributed by atoms with Crippen molar-refractivity contribution in [2.75, 3.05) is 0 Å². The highest BCUT2D eigenvalue weighted by atomic mass is 14.4. The maximum Gasteiger partial charge on any atom is -0.0222 e. The highest BCUT2D eigenvalue weighted by Crippen LogP contribution is 2.43. The van der Waals surface area contributed by atoms with E-state index in [1.165, 1.54) is 57.8 Å². The molecule has 0 radical (unpaired) electrons.